The first-order valence-corrected chi connectivity index (χ1v) is 11.9. The van der Waals surface area contributed by atoms with Gasteiger partial charge in [-0.15, -0.1) is 11.3 Å². The van der Waals surface area contributed by atoms with Crippen LogP contribution in [0.3, 0.4) is 0 Å². The number of benzene rings is 2. The molecule has 176 valence electrons. The van der Waals surface area contributed by atoms with Gasteiger partial charge in [-0.2, -0.15) is 0 Å². The van der Waals surface area contributed by atoms with E-state index in [1.807, 2.05) is 55.5 Å². The number of amides is 4. The molecule has 4 aromatic rings. The van der Waals surface area contributed by atoms with E-state index in [0.717, 1.165) is 11.1 Å². The van der Waals surface area contributed by atoms with Crippen LogP contribution < -0.4 is 21.1 Å². The van der Waals surface area contributed by atoms with Crippen molar-refractivity contribution in [2.45, 2.75) is 13.3 Å². The number of fused-ring (bicyclic) bond motifs is 1. The van der Waals surface area contributed by atoms with E-state index in [-0.39, 0.29) is 12.5 Å². The van der Waals surface area contributed by atoms with Gasteiger partial charge in [0.1, 0.15) is 0 Å². The van der Waals surface area contributed by atoms with Gasteiger partial charge in [0.05, 0.1) is 28.9 Å². The summed E-state index contributed by atoms with van der Waals surface area (Å²) < 4.78 is 0. The van der Waals surface area contributed by atoms with Crippen molar-refractivity contribution in [3.63, 3.8) is 0 Å². The number of hydrazine groups is 1. The van der Waals surface area contributed by atoms with Crippen LogP contribution in [-0.4, -0.2) is 40.9 Å². The van der Waals surface area contributed by atoms with E-state index >= 15 is 0 Å². The number of hydrogen-bond acceptors (Lipinski definition) is 6. The molecule has 2 aromatic heterocycles. The van der Waals surface area contributed by atoms with Crippen LogP contribution in [-0.2, 0) is 11.2 Å². The van der Waals surface area contributed by atoms with E-state index < -0.39 is 11.8 Å². The number of rotatable bonds is 5. The molecule has 3 heterocycles. The van der Waals surface area contributed by atoms with Gasteiger partial charge in [-0.05, 0) is 19.1 Å². The number of nitrogens with zero attached hydrogens (tertiary/aromatic N) is 3. The van der Waals surface area contributed by atoms with Gasteiger partial charge >= 0.3 is 6.03 Å². The first-order chi connectivity index (χ1) is 17.0. The number of para-hydroxylation sites is 1. The maximum Gasteiger partial charge on any atom is 0.323 e. The minimum absolute atomic E-state index is 0.0298. The molecule has 4 amide bonds. The Hall–Kier alpha value is -4.31. The lowest BCUT2D eigenvalue weighted by atomic mass is 10.0. The van der Waals surface area contributed by atoms with Gasteiger partial charge in [-0.1, -0.05) is 48.0 Å². The molecule has 0 spiro atoms. The molecule has 3 N–H and O–H groups in total. The third-order valence-corrected chi connectivity index (χ3v) is 6.50. The molecule has 1 aliphatic rings. The lowest BCUT2D eigenvalue weighted by Crippen LogP contribution is -2.42. The maximum atomic E-state index is 13.0. The molecular weight excluding hydrogens is 464 g/mol. The molecule has 0 aliphatic carbocycles. The molecule has 10 heteroatoms. The van der Waals surface area contributed by atoms with E-state index in [1.165, 1.54) is 16.2 Å². The van der Waals surface area contributed by atoms with Gasteiger partial charge in [0.15, 0.2) is 5.13 Å². The normalized spacial score (nSPS) is 13.1. The predicted octanol–water partition coefficient (Wildman–Crippen LogP) is 3.20. The molecule has 9 nitrogen and oxygen atoms in total. The van der Waals surface area contributed by atoms with Crippen molar-refractivity contribution in [2.24, 2.45) is 0 Å². The fraction of sp³-hybridized carbons (Fsp3) is 0.160. The quantitative estimate of drug-likeness (QED) is 0.375. The third-order valence-electron chi connectivity index (χ3n) is 5.59. The highest BCUT2D eigenvalue weighted by Crippen LogP contribution is 2.25. The standard InChI is InChI=1S/C25H22N6O3S/c1-15-6-8-16(9-7-15)21-13-19(18-4-2-3-5-20(18)28-21)23(33)30-29-22(32)12-17-14-35-25(27-17)31-11-10-26-24(31)34/h2-9,13-14H,10-12H2,1H3,(H,26,34)(H,29,32)(H,30,33). The Balaban J connectivity index is 1.29. The average molecular weight is 487 g/mol. The highest BCUT2D eigenvalue weighted by molar-refractivity contribution is 7.14. The van der Waals surface area contributed by atoms with Crippen LogP contribution in [0.4, 0.5) is 9.93 Å². The van der Waals surface area contributed by atoms with Crippen molar-refractivity contribution in [3.8, 4) is 11.3 Å². The zero-order valence-electron chi connectivity index (χ0n) is 18.9. The molecule has 35 heavy (non-hydrogen) atoms. The number of hydrogen-bond donors (Lipinski definition) is 3. The summed E-state index contributed by atoms with van der Waals surface area (Å²) in [5.74, 6) is -0.865. The largest absolute Gasteiger partial charge is 0.336 e. The molecule has 0 bridgehead atoms. The summed E-state index contributed by atoms with van der Waals surface area (Å²) in [6.07, 6.45) is -0.0298. The summed E-state index contributed by atoms with van der Waals surface area (Å²) in [6, 6.07) is 16.8. The van der Waals surface area contributed by atoms with Crippen LogP contribution in [0.5, 0.6) is 0 Å². The van der Waals surface area contributed by atoms with E-state index in [1.54, 1.807) is 11.4 Å². The van der Waals surface area contributed by atoms with Crippen LogP contribution in [0.25, 0.3) is 22.2 Å². The Kier molecular flexibility index (Phi) is 6.11. The monoisotopic (exact) mass is 486 g/mol. The number of thiazole rings is 1. The van der Waals surface area contributed by atoms with Crippen molar-refractivity contribution in [2.75, 3.05) is 18.0 Å². The van der Waals surface area contributed by atoms with Crippen LogP contribution in [0.2, 0.25) is 0 Å². The van der Waals surface area contributed by atoms with Crippen LogP contribution in [0.15, 0.2) is 60.0 Å². The number of carbonyl (C=O) groups excluding carboxylic acids is 3. The number of pyridine rings is 1. The summed E-state index contributed by atoms with van der Waals surface area (Å²) in [6.45, 7) is 3.11. The highest BCUT2D eigenvalue weighted by atomic mass is 32.1. The topological polar surface area (TPSA) is 116 Å². The third kappa shape index (κ3) is 4.82. The Bertz CT molecular complexity index is 1430. The smallest absolute Gasteiger partial charge is 0.323 e. The minimum atomic E-state index is -0.446. The van der Waals surface area contributed by atoms with Gasteiger partial charge in [0, 0.05) is 29.4 Å². The van der Waals surface area contributed by atoms with Crippen molar-refractivity contribution < 1.29 is 14.4 Å². The molecule has 0 radical (unpaired) electrons. The molecule has 0 unspecified atom stereocenters. The molecule has 1 saturated heterocycles. The van der Waals surface area contributed by atoms with Gasteiger partial charge in [-0.25, -0.2) is 14.8 Å². The van der Waals surface area contributed by atoms with E-state index in [2.05, 4.69) is 21.2 Å². The molecule has 0 atom stereocenters. The summed E-state index contributed by atoms with van der Waals surface area (Å²) in [5.41, 5.74) is 9.27. The molecule has 2 aromatic carbocycles. The average Bonchev–Trinajstić information content (AvgIpc) is 3.50. The second kappa shape index (κ2) is 9.51. The summed E-state index contributed by atoms with van der Waals surface area (Å²) in [4.78, 5) is 47.9. The van der Waals surface area contributed by atoms with E-state index in [9.17, 15) is 14.4 Å². The first kappa shape index (κ1) is 22.5. The molecular formula is C25H22N6O3S. The zero-order valence-corrected chi connectivity index (χ0v) is 19.7. The number of nitrogens with one attached hydrogen (secondary N) is 3. The van der Waals surface area contributed by atoms with Gasteiger partial charge < -0.3 is 5.32 Å². The lowest BCUT2D eigenvalue weighted by Gasteiger charge is -2.11. The van der Waals surface area contributed by atoms with Crippen LogP contribution in [0, 0.1) is 6.92 Å². The van der Waals surface area contributed by atoms with Crippen molar-refractivity contribution >= 4 is 45.2 Å². The van der Waals surface area contributed by atoms with Crippen LogP contribution in [0.1, 0.15) is 21.6 Å². The fourth-order valence-electron chi connectivity index (χ4n) is 3.79. The number of anilines is 1. The van der Waals surface area contributed by atoms with Gasteiger partial charge in [0.25, 0.3) is 5.91 Å². The Morgan fingerprint density at radius 2 is 1.89 bits per heavy atom. The Labute approximate surface area is 205 Å². The van der Waals surface area contributed by atoms with Gasteiger partial charge in [-0.3, -0.25) is 25.3 Å². The minimum Gasteiger partial charge on any atom is -0.336 e. The molecule has 1 fully saturated rings. The molecule has 1 aliphatic heterocycles. The van der Waals surface area contributed by atoms with Gasteiger partial charge in [0.2, 0.25) is 5.91 Å². The van der Waals surface area contributed by atoms with Crippen molar-refractivity contribution in [3.05, 3.63) is 76.8 Å². The van der Waals surface area contributed by atoms with Crippen molar-refractivity contribution in [1.82, 2.24) is 26.1 Å². The van der Waals surface area contributed by atoms with E-state index in [0.29, 0.717) is 46.1 Å². The predicted molar refractivity (Wildman–Crippen MR) is 134 cm³/mol. The molecule has 5 rings (SSSR count). The zero-order chi connectivity index (χ0) is 24.4. The highest BCUT2D eigenvalue weighted by Gasteiger charge is 2.24. The fourth-order valence-corrected chi connectivity index (χ4v) is 4.64. The number of aryl methyl sites for hydroxylation is 1. The number of carbonyl (C=O) groups is 3. The Morgan fingerprint density at radius 1 is 1.09 bits per heavy atom. The maximum absolute atomic E-state index is 13.0. The van der Waals surface area contributed by atoms with Crippen molar-refractivity contribution in [1.29, 1.82) is 0 Å². The summed E-state index contributed by atoms with van der Waals surface area (Å²) in [7, 11) is 0. The summed E-state index contributed by atoms with van der Waals surface area (Å²) >= 11 is 1.30. The SMILES string of the molecule is Cc1ccc(-c2cc(C(=O)NNC(=O)Cc3csc(N4CCNC4=O)n3)c3ccccc3n2)cc1. The van der Waals surface area contributed by atoms with E-state index in [4.69, 9.17) is 4.98 Å². The lowest BCUT2D eigenvalue weighted by molar-refractivity contribution is -0.121. The Morgan fingerprint density at radius 3 is 2.66 bits per heavy atom. The first-order valence-electron chi connectivity index (χ1n) is 11.0. The summed E-state index contributed by atoms with van der Waals surface area (Å²) in [5, 5.41) is 5.67. The second-order valence-corrected chi connectivity index (χ2v) is 8.96. The number of urea groups is 1. The van der Waals surface area contributed by atoms with Crippen LogP contribution >= 0.6 is 11.3 Å². The second-order valence-electron chi connectivity index (χ2n) is 8.12. The molecule has 0 saturated carbocycles. The number of aromatic nitrogens is 2.